The second kappa shape index (κ2) is 7.48. The Hall–Kier alpha value is -2.37. The highest BCUT2D eigenvalue weighted by Crippen LogP contribution is 2.33. The van der Waals surface area contributed by atoms with Crippen molar-refractivity contribution in [3.8, 4) is 0 Å². The standard InChI is InChI=1S/C20H27N3O3/c1-15(2)22(13-16-9-5-3-6-10-16)17(24)14-23-18(25)20(21-19(23)26)11-7-4-8-12-20/h3,5-6,9-10,15H,4,7-8,11-14H2,1-2H3,(H,21,26). The first-order chi connectivity index (χ1) is 12.4. The number of hydrogen-bond acceptors (Lipinski definition) is 3. The van der Waals surface area contributed by atoms with E-state index in [-0.39, 0.29) is 24.4 Å². The predicted octanol–water partition coefficient (Wildman–Crippen LogP) is 2.68. The molecule has 0 bridgehead atoms. The van der Waals surface area contributed by atoms with Crippen molar-refractivity contribution < 1.29 is 14.4 Å². The van der Waals surface area contributed by atoms with Crippen molar-refractivity contribution in [2.75, 3.05) is 6.54 Å². The number of rotatable bonds is 5. The number of nitrogens with zero attached hydrogens (tertiary/aromatic N) is 2. The molecule has 1 aromatic rings. The second-order valence-corrected chi connectivity index (χ2v) is 7.57. The van der Waals surface area contributed by atoms with E-state index in [4.69, 9.17) is 0 Å². The highest BCUT2D eigenvalue weighted by Gasteiger charge is 2.51. The zero-order chi connectivity index (χ0) is 18.7. The molecule has 6 heteroatoms. The van der Waals surface area contributed by atoms with Gasteiger partial charge in [0.25, 0.3) is 5.91 Å². The van der Waals surface area contributed by atoms with E-state index in [2.05, 4.69) is 5.32 Å². The van der Waals surface area contributed by atoms with Crippen LogP contribution in [-0.4, -0.2) is 45.8 Å². The lowest BCUT2D eigenvalue weighted by atomic mass is 9.82. The molecule has 0 unspecified atom stereocenters. The summed E-state index contributed by atoms with van der Waals surface area (Å²) in [6, 6.07) is 9.27. The van der Waals surface area contributed by atoms with E-state index >= 15 is 0 Å². The molecule has 1 aliphatic heterocycles. The molecule has 1 N–H and O–H groups in total. The lowest BCUT2D eigenvalue weighted by Gasteiger charge is -2.31. The third-order valence-corrected chi connectivity index (χ3v) is 5.39. The normalized spacial score (nSPS) is 19.1. The number of benzene rings is 1. The van der Waals surface area contributed by atoms with E-state index in [0.29, 0.717) is 19.4 Å². The minimum absolute atomic E-state index is 0.0212. The van der Waals surface area contributed by atoms with Gasteiger partial charge in [0.2, 0.25) is 5.91 Å². The molecule has 1 aromatic carbocycles. The van der Waals surface area contributed by atoms with Gasteiger partial charge in [-0.3, -0.25) is 14.5 Å². The van der Waals surface area contributed by atoms with Crippen LogP contribution in [0.3, 0.4) is 0 Å². The number of carbonyl (C=O) groups excluding carboxylic acids is 3. The molecule has 1 heterocycles. The van der Waals surface area contributed by atoms with Crippen LogP contribution in [0.25, 0.3) is 0 Å². The minimum atomic E-state index is -0.780. The Morgan fingerprint density at radius 2 is 1.81 bits per heavy atom. The first-order valence-corrected chi connectivity index (χ1v) is 9.40. The molecule has 140 valence electrons. The Balaban J connectivity index is 1.71. The summed E-state index contributed by atoms with van der Waals surface area (Å²) >= 11 is 0. The fourth-order valence-electron chi connectivity index (χ4n) is 3.88. The molecule has 1 saturated carbocycles. The monoisotopic (exact) mass is 357 g/mol. The molecule has 1 aliphatic carbocycles. The highest BCUT2D eigenvalue weighted by molar-refractivity contribution is 6.09. The van der Waals surface area contributed by atoms with Gasteiger partial charge in [0.1, 0.15) is 12.1 Å². The topological polar surface area (TPSA) is 69.7 Å². The van der Waals surface area contributed by atoms with Crippen molar-refractivity contribution in [2.24, 2.45) is 0 Å². The van der Waals surface area contributed by atoms with Crippen molar-refractivity contribution in [2.45, 2.75) is 64.1 Å². The van der Waals surface area contributed by atoms with E-state index in [1.54, 1.807) is 4.90 Å². The SMILES string of the molecule is CC(C)N(Cc1ccccc1)C(=O)CN1C(=O)NC2(CCCCC2)C1=O. The summed E-state index contributed by atoms with van der Waals surface area (Å²) in [6.07, 6.45) is 4.28. The van der Waals surface area contributed by atoms with Gasteiger partial charge in [-0.15, -0.1) is 0 Å². The summed E-state index contributed by atoms with van der Waals surface area (Å²) in [4.78, 5) is 40.9. The molecule has 3 rings (SSSR count). The average Bonchev–Trinajstić information content (AvgIpc) is 2.85. The molecule has 0 radical (unpaired) electrons. The molecule has 26 heavy (non-hydrogen) atoms. The number of amides is 4. The zero-order valence-electron chi connectivity index (χ0n) is 15.5. The van der Waals surface area contributed by atoms with Crippen LogP contribution in [-0.2, 0) is 16.1 Å². The van der Waals surface area contributed by atoms with Gasteiger partial charge in [-0.05, 0) is 32.3 Å². The van der Waals surface area contributed by atoms with Crippen LogP contribution < -0.4 is 5.32 Å². The van der Waals surface area contributed by atoms with Crippen molar-refractivity contribution in [3.05, 3.63) is 35.9 Å². The maximum absolute atomic E-state index is 12.9. The van der Waals surface area contributed by atoms with Gasteiger partial charge in [-0.2, -0.15) is 0 Å². The van der Waals surface area contributed by atoms with Gasteiger partial charge in [-0.1, -0.05) is 49.6 Å². The second-order valence-electron chi connectivity index (χ2n) is 7.57. The van der Waals surface area contributed by atoms with E-state index in [9.17, 15) is 14.4 Å². The Morgan fingerprint density at radius 3 is 2.42 bits per heavy atom. The molecule has 1 saturated heterocycles. The molecular weight excluding hydrogens is 330 g/mol. The Morgan fingerprint density at radius 1 is 1.15 bits per heavy atom. The summed E-state index contributed by atoms with van der Waals surface area (Å²) in [5, 5.41) is 2.86. The van der Waals surface area contributed by atoms with E-state index in [1.165, 1.54) is 0 Å². The van der Waals surface area contributed by atoms with Crippen LogP contribution in [0.2, 0.25) is 0 Å². The Labute approximate surface area is 154 Å². The molecule has 6 nitrogen and oxygen atoms in total. The summed E-state index contributed by atoms with van der Waals surface area (Å²) in [7, 11) is 0. The molecule has 0 aromatic heterocycles. The Bertz CT molecular complexity index is 681. The molecule has 1 spiro atoms. The lowest BCUT2D eigenvalue weighted by molar-refractivity contribution is -0.140. The van der Waals surface area contributed by atoms with Crippen LogP contribution in [0.4, 0.5) is 4.79 Å². The number of hydrogen-bond donors (Lipinski definition) is 1. The van der Waals surface area contributed by atoms with Crippen LogP contribution in [0.15, 0.2) is 30.3 Å². The molecule has 4 amide bonds. The Kier molecular flexibility index (Phi) is 5.30. The van der Waals surface area contributed by atoms with Gasteiger partial charge in [0.05, 0.1) is 0 Å². The van der Waals surface area contributed by atoms with Crippen LogP contribution in [0.1, 0.15) is 51.5 Å². The maximum Gasteiger partial charge on any atom is 0.325 e. The highest BCUT2D eigenvalue weighted by atomic mass is 16.2. The quantitative estimate of drug-likeness (QED) is 0.824. The zero-order valence-corrected chi connectivity index (χ0v) is 15.5. The largest absolute Gasteiger partial charge is 0.334 e. The third kappa shape index (κ3) is 3.59. The van der Waals surface area contributed by atoms with Gasteiger partial charge in [0.15, 0.2) is 0 Å². The summed E-state index contributed by atoms with van der Waals surface area (Å²) in [5.74, 6) is -0.445. The van der Waals surface area contributed by atoms with Crippen molar-refractivity contribution in [1.29, 1.82) is 0 Å². The summed E-state index contributed by atoms with van der Waals surface area (Å²) in [6.45, 7) is 4.15. The molecule has 2 aliphatic rings. The maximum atomic E-state index is 12.9. The van der Waals surface area contributed by atoms with Crippen LogP contribution in [0, 0.1) is 0 Å². The minimum Gasteiger partial charge on any atom is -0.334 e. The number of nitrogens with one attached hydrogen (secondary N) is 1. The summed E-state index contributed by atoms with van der Waals surface area (Å²) < 4.78 is 0. The predicted molar refractivity (Wildman–Crippen MR) is 98.2 cm³/mol. The fourth-order valence-corrected chi connectivity index (χ4v) is 3.88. The van der Waals surface area contributed by atoms with Crippen molar-refractivity contribution in [1.82, 2.24) is 15.1 Å². The fraction of sp³-hybridized carbons (Fsp3) is 0.550. The van der Waals surface area contributed by atoms with Gasteiger partial charge in [0, 0.05) is 12.6 Å². The van der Waals surface area contributed by atoms with Gasteiger partial charge < -0.3 is 10.2 Å². The van der Waals surface area contributed by atoms with E-state index < -0.39 is 11.6 Å². The van der Waals surface area contributed by atoms with Crippen LogP contribution >= 0.6 is 0 Å². The molecule has 0 atom stereocenters. The molecule has 2 fully saturated rings. The van der Waals surface area contributed by atoms with Gasteiger partial charge in [-0.25, -0.2) is 4.79 Å². The van der Waals surface area contributed by atoms with Crippen molar-refractivity contribution in [3.63, 3.8) is 0 Å². The first kappa shape index (κ1) is 18.4. The third-order valence-electron chi connectivity index (χ3n) is 5.39. The van der Waals surface area contributed by atoms with Crippen LogP contribution in [0.5, 0.6) is 0 Å². The number of urea groups is 1. The van der Waals surface area contributed by atoms with E-state index in [0.717, 1.165) is 29.7 Å². The smallest absolute Gasteiger partial charge is 0.325 e. The first-order valence-electron chi connectivity index (χ1n) is 9.40. The van der Waals surface area contributed by atoms with Crippen molar-refractivity contribution >= 4 is 17.8 Å². The number of carbonyl (C=O) groups is 3. The molecular formula is C20H27N3O3. The number of imide groups is 1. The van der Waals surface area contributed by atoms with Gasteiger partial charge >= 0.3 is 6.03 Å². The lowest BCUT2D eigenvalue weighted by Crippen LogP contribution is -2.49. The van der Waals surface area contributed by atoms with E-state index in [1.807, 2.05) is 44.2 Å². The average molecular weight is 357 g/mol. The summed E-state index contributed by atoms with van der Waals surface area (Å²) in [5.41, 5.74) is 0.244.